The topological polar surface area (TPSA) is 70.9 Å². The first-order valence-electron chi connectivity index (χ1n) is 8.04. The maximum atomic E-state index is 13.3. The summed E-state index contributed by atoms with van der Waals surface area (Å²) in [7, 11) is 0. The third-order valence-electron chi connectivity index (χ3n) is 4.17. The predicted molar refractivity (Wildman–Crippen MR) is 102 cm³/mol. The SMILES string of the molecule is Cc1ccccc1-n1c(SCCO)nc2c([nH]c3ccccc32)c1=O. The molecule has 0 saturated heterocycles. The molecule has 2 aromatic carbocycles. The zero-order valence-corrected chi connectivity index (χ0v) is 14.5. The lowest BCUT2D eigenvalue weighted by molar-refractivity contribution is 0.322. The zero-order valence-electron chi connectivity index (χ0n) is 13.7. The number of benzene rings is 2. The average molecular weight is 351 g/mol. The number of rotatable bonds is 4. The molecule has 0 radical (unpaired) electrons. The van der Waals surface area contributed by atoms with Crippen LogP contribution in [0.4, 0.5) is 0 Å². The van der Waals surface area contributed by atoms with Gasteiger partial charge < -0.3 is 10.1 Å². The lowest BCUT2D eigenvalue weighted by atomic mass is 10.2. The second-order valence-electron chi connectivity index (χ2n) is 5.79. The Morgan fingerprint density at radius 2 is 1.92 bits per heavy atom. The maximum absolute atomic E-state index is 13.3. The Bertz CT molecular complexity index is 1130. The van der Waals surface area contributed by atoms with Gasteiger partial charge in [0, 0.05) is 16.7 Å². The van der Waals surface area contributed by atoms with Crippen LogP contribution in [0.3, 0.4) is 0 Å². The number of aliphatic hydroxyl groups excluding tert-OH is 1. The molecule has 0 amide bonds. The fourth-order valence-corrected chi connectivity index (χ4v) is 3.74. The Morgan fingerprint density at radius 3 is 2.72 bits per heavy atom. The molecule has 0 atom stereocenters. The molecule has 2 N–H and O–H groups in total. The molecule has 0 fully saturated rings. The first-order chi connectivity index (χ1) is 12.2. The molecule has 2 heterocycles. The van der Waals surface area contributed by atoms with Crippen molar-refractivity contribution in [2.45, 2.75) is 12.1 Å². The highest BCUT2D eigenvalue weighted by atomic mass is 32.2. The Morgan fingerprint density at radius 1 is 1.16 bits per heavy atom. The van der Waals surface area contributed by atoms with Crippen molar-refractivity contribution in [1.82, 2.24) is 14.5 Å². The number of aryl methyl sites for hydroxylation is 1. The Balaban J connectivity index is 2.09. The van der Waals surface area contributed by atoms with E-state index in [4.69, 9.17) is 4.98 Å². The van der Waals surface area contributed by atoms with E-state index in [-0.39, 0.29) is 12.2 Å². The molecule has 0 aliphatic rings. The highest BCUT2D eigenvalue weighted by Gasteiger charge is 2.17. The van der Waals surface area contributed by atoms with Crippen LogP contribution in [0.5, 0.6) is 0 Å². The van der Waals surface area contributed by atoms with Gasteiger partial charge in [-0.05, 0) is 24.6 Å². The summed E-state index contributed by atoms with van der Waals surface area (Å²) in [5.41, 5.74) is 3.73. The van der Waals surface area contributed by atoms with Crippen molar-refractivity contribution in [3.05, 3.63) is 64.4 Å². The molecule has 0 bridgehead atoms. The van der Waals surface area contributed by atoms with E-state index in [1.807, 2.05) is 55.5 Å². The van der Waals surface area contributed by atoms with Gasteiger partial charge in [0.15, 0.2) is 5.16 Å². The number of aliphatic hydroxyl groups is 1. The van der Waals surface area contributed by atoms with Crippen LogP contribution in [0.1, 0.15) is 5.56 Å². The summed E-state index contributed by atoms with van der Waals surface area (Å²) in [5.74, 6) is 0.478. The number of para-hydroxylation sites is 2. The molecule has 0 saturated carbocycles. The van der Waals surface area contributed by atoms with E-state index in [2.05, 4.69) is 4.98 Å². The van der Waals surface area contributed by atoms with Gasteiger partial charge in [0.2, 0.25) is 0 Å². The summed E-state index contributed by atoms with van der Waals surface area (Å²) in [4.78, 5) is 21.2. The van der Waals surface area contributed by atoms with Crippen LogP contribution < -0.4 is 5.56 Å². The first-order valence-corrected chi connectivity index (χ1v) is 9.02. The van der Waals surface area contributed by atoms with Gasteiger partial charge in [0.05, 0.1) is 12.3 Å². The van der Waals surface area contributed by atoms with Crippen LogP contribution in [-0.4, -0.2) is 32.0 Å². The molecule has 5 nitrogen and oxygen atoms in total. The highest BCUT2D eigenvalue weighted by molar-refractivity contribution is 7.99. The normalized spacial score (nSPS) is 11.4. The predicted octanol–water partition coefficient (Wildman–Crippen LogP) is 3.26. The number of hydrogen-bond donors (Lipinski definition) is 2. The number of aromatic amines is 1. The zero-order chi connectivity index (χ0) is 17.4. The summed E-state index contributed by atoms with van der Waals surface area (Å²) in [6.45, 7) is 2.00. The van der Waals surface area contributed by atoms with E-state index in [9.17, 15) is 9.90 Å². The van der Waals surface area contributed by atoms with Gasteiger partial charge in [-0.1, -0.05) is 48.2 Å². The minimum Gasteiger partial charge on any atom is -0.396 e. The Labute approximate surface area is 148 Å². The molecule has 0 spiro atoms. The van der Waals surface area contributed by atoms with Gasteiger partial charge >= 0.3 is 0 Å². The standard InChI is InChI=1S/C19H17N3O2S/c1-12-6-2-5-9-15(12)22-18(24)17-16(21-19(22)25-11-10-23)13-7-3-4-8-14(13)20-17/h2-9,20,23H,10-11H2,1H3. The van der Waals surface area contributed by atoms with E-state index in [0.29, 0.717) is 21.9 Å². The van der Waals surface area contributed by atoms with E-state index in [0.717, 1.165) is 22.2 Å². The van der Waals surface area contributed by atoms with E-state index < -0.39 is 0 Å². The van der Waals surface area contributed by atoms with Crippen molar-refractivity contribution in [1.29, 1.82) is 0 Å². The highest BCUT2D eigenvalue weighted by Crippen LogP contribution is 2.26. The van der Waals surface area contributed by atoms with Crippen LogP contribution in [0.2, 0.25) is 0 Å². The number of nitrogens with one attached hydrogen (secondary N) is 1. The first kappa shape index (κ1) is 15.9. The monoisotopic (exact) mass is 351 g/mol. The maximum Gasteiger partial charge on any atom is 0.283 e. The molecule has 0 aliphatic heterocycles. The minimum absolute atomic E-state index is 0.0280. The fourth-order valence-electron chi connectivity index (χ4n) is 3.00. The molecule has 4 aromatic rings. The molecule has 25 heavy (non-hydrogen) atoms. The second kappa shape index (κ2) is 6.38. The number of hydrogen-bond acceptors (Lipinski definition) is 4. The van der Waals surface area contributed by atoms with Crippen LogP contribution in [0.15, 0.2) is 58.5 Å². The molecule has 4 rings (SSSR count). The van der Waals surface area contributed by atoms with Gasteiger partial charge in [0.1, 0.15) is 11.0 Å². The third-order valence-corrected chi connectivity index (χ3v) is 5.09. The average Bonchev–Trinajstić information content (AvgIpc) is 3.00. The molecule has 6 heteroatoms. The van der Waals surface area contributed by atoms with Gasteiger partial charge in [0.25, 0.3) is 5.56 Å². The van der Waals surface area contributed by atoms with Crippen molar-refractivity contribution < 1.29 is 5.11 Å². The van der Waals surface area contributed by atoms with Crippen molar-refractivity contribution in [2.75, 3.05) is 12.4 Å². The Hall–Kier alpha value is -2.57. The minimum atomic E-state index is -0.129. The van der Waals surface area contributed by atoms with Crippen molar-refractivity contribution >= 4 is 33.7 Å². The summed E-state index contributed by atoms with van der Waals surface area (Å²) in [5, 5.41) is 10.7. The van der Waals surface area contributed by atoms with Gasteiger partial charge in [-0.25, -0.2) is 4.98 Å². The smallest absolute Gasteiger partial charge is 0.283 e. The van der Waals surface area contributed by atoms with Crippen LogP contribution in [0.25, 0.3) is 27.6 Å². The van der Waals surface area contributed by atoms with Crippen molar-refractivity contribution in [3.8, 4) is 5.69 Å². The van der Waals surface area contributed by atoms with Gasteiger partial charge in [-0.3, -0.25) is 9.36 Å². The molecule has 0 unspecified atom stereocenters. The number of H-pyrrole nitrogens is 1. The largest absolute Gasteiger partial charge is 0.396 e. The number of fused-ring (bicyclic) bond motifs is 3. The van der Waals surface area contributed by atoms with E-state index in [1.165, 1.54) is 11.8 Å². The molecular weight excluding hydrogens is 334 g/mol. The number of aromatic nitrogens is 3. The molecule has 2 aromatic heterocycles. The molecular formula is C19H17N3O2S. The lowest BCUT2D eigenvalue weighted by Gasteiger charge is -2.13. The van der Waals surface area contributed by atoms with Crippen molar-refractivity contribution in [3.63, 3.8) is 0 Å². The second-order valence-corrected chi connectivity index (χ2v) is 6.85. The van der Waals surface area contributed by atoms with Crippen LogP contribution in [0, 0.1) is 6.92 Å². The van der Waals surface area contributed by atoms with Gasteiger partial charge in [-0.15, -0.1) is 0 Å². The summed E-state index contributed by atoms with van der Waals surface area (Å²) >= 11 is 1.38. The summed E-state index contributed by atoms with van der Waals surface area (Å²) < 4.78 is 1.63. The molecule has 126 valence electrons. The summed E-state index contributed by atoms with van der Waals surface area (Å²) in [6, 6.07) is 15.5. The Kier molecular flexibility index (Phi) is 4.07. The fraction of sp³-hybridized carbons (Fsp3) is 0.158. The lowest BCUT2D eigenvalue weighted by Crippen LogP contribution is -2.22. The van der Waals surface area contributed by atoms with Crippen LogP contribution >= 0.6 is 11.8 Å². The third kappa shape index (κ3) is 2.63. The van der Waals surface area contributed by atoms with E-state index >= 15 is 0 Å². The summed E-state index contributed by atoms with van der Waals surface area (Å²) in [6.07, 6.45) is 0. The van der Waals surface area contributed by atoms with E-state index in [1.54, 1.807) is 4.57 Å². The van der Waals surface area contributed by atoms with Crippen molar-refractivity contribution in [2.24, 2.45) is 0 Å². The van der Waals surface area contributed by atoms with Gasteiger partial charge in [-0.2, -0.15) is 0 Å². The quantitative estimate of drug-likeness (QED) is 0.437. The number of nitrogens with zero attached hydrogens (tertiary/aromatic N) is 2. The van der Waals surface area contributed by atoms with Crippen LogP contribution in [-0.2, 0) is 0 Å². The number of thioether (sulfide) groups is 1. The molecule has 0 aliphatic carbocycles.